The smallest absolute Gasteiger partial charge is 0.238 e. The highest BCUT2D eigenvalue weighted by Gasteiger charge is 2.19. The average molecular weight is 331 g/mol. The Kier molecular flexibility index (Phi) is 5.05. The van der Waals surface area contributed by atoms with Crippen LogP contribution in [0.3, 0.4) is 0 Å². The van der Waals surface area contributed by atoms with Gasteiger partial charge in [-0.05, 0) is 24.3 Å². The van der Waals surface area contributed by atoms with Gasteiger partial charge in [0, 0.05) is 37.9 Å². The van der Waals surface area contributed by atoms with E-state index in [4.69, 9.17) is 0 Å². The van der Waals surface area contributed by atoms with Gasteiger partial charge < -0.3 is 10.2 Å². The summed E-state index contributed by atoms with van der Waals surface area (Å²) in [6.07, 6.45) is 0. The molecule has 24 heavy (non-hydrogen) atoms. The number of para-hydroxylation sites is 1. The van der Waals surface area contributed by atoms with Crippen LogP contribution in [-0.4, -0.2) is 43.5 Å². The molecule has 0 radical (unpaired) electrons. The molecule has 0 aliphatic carbocycles. The van der Waals surface area contributed by atoms with E-state index in [9.17, 15) is 13.6 Å². The van der Waals surface area contributed by atoms with Crippen molar-refractivity contribution in [3.8, 4) is 0 Å². The lowest BCUT2D eigenvalue weighted by atomic mass is 10.2. The first kappa shape index (κ1) is 16.4. The zero-order valence-corrected chi connectivity index (χ0v) is 13.2. The molecule has 1 fully saturated rings. The summed E-state index contributed by atoms with van der Waals surface area (Å²) in [5.74, 6) is -1.56. The topological polar surface area (TPSA) is 35.6 Å². The first-order valence-electron chi connectivity index (χ1n) is 7.89. The molecule has 1 aliphatic rings. The summed E-state index contributed by atoms with van der Waals surface area (Å²) in [5.41, 5.74) is 1.05. The molecule has 0 atom stereocenters. The Labute approximate surface area is 139 Å². The lowest BCUT2D eigenvalue weighted by molar-refractivity contribution is -0.117. The van der Waals surface area contributed by atoms with Gasteiger partial charge in [0.1, 0.15) is 11.6 Å². The van der Waals surface area contributed by atoms with Gasteiger partial charge in [0.25, 0.3) is 0 Å². The van der Waals surface area contributed by atoms with Crippen LogP contribution in [-0.2, 0) is 4.79 Å². The number of halogens is 2. The van der Waals surface area contributed by atoms with Crippen molar-refractivity contribution in [3.63, 3.8) is 0 Å². The predicted molar refractivity (Wildman–Crippen MR) is 90.1 cm³/mol. The first-order valence-corrected chi connectivity index (χ1v) is 7.89. The van der Waals surface area contributed by atoms with Crippen molar-refractivity contribution in [3.05, 3.63) is 60.2 Å². The van der Waals surface area contributed by atoms with Crippen LogP contribution in [0, 0.1) is 11.6 Å². The summed E-state index contributed by atoms with van der Waals surface area (Å²) >= 11 is 0. The van der Waals surface area contributed by atoms with Gasteiger partial charge in [0.2, 0.25) is 5.91 Å². The molecule has 6 heteroatoms. The van der Waals surface area contributed by atoms with E-state index in [1.807, 2.05) is 23.1 Å². The second-order valence-corrected chi connectivity index (χ2v) is 5.77. The van der Waals surface area contributed by atoms with Crippen molar-refractivity contribution in [1.29, 1.82) is 0 Å². The van der Waals surface area contributed by atoms with E-state index >= 15 is 0 Å². The molecule has 0 aromatic heterocycles. The van der Waals surface area contributed by atoms with Crippen LogP contribution in [0.5, 0.6) is 0 Å². The van der Waals surface area contributed by atoms with Gasteiger partial charge in [-0.3, -0.25) is 9.69 Å². The zero-order chi connectivity index (χ0) is 16.9. The van der Waals surface area contributed by atoms with Crippen LogP contribution in [0.1, 0.15) is 0 Å². The molecular formula is C18H19F2N3O. The third-order valence-electron chi connectivity index (χ3n) is 4.06. The fourth-order valence-corrected chi connectivity index (χ4v) is 2.79. The Bertz CT molecular complexity index is 701. The minimum atomic E-state index is -0.640. The molecule has 0 spiro atoms. The average Bonchev–Trinajstić information content (AvgIpc) is 2.59. The van der Waals surface area contributed by atoms with Crippen LogP contribution >= 0.6 is 0 Å². The monoisotopic (exact) mass is 331 g/mol. The quantitative estimate of drug-likeness (QED) is 0.936. The molecule has 1 saturated heterocycles. The molecule has 126 valence electrons. The fourth-order valence-electron chi connectivity index (χ4n) is 2.79. The Balaban J connectivity index is 1.51. The maximum absolute atomic E-state index is 13.5. The highest BCUT2D eigenvalue weighted by Crippen LogP contribution is 2.17. The van der Waals surface area contributed by atoms with E-state index in [1.165, 1.54) is 5.69 Å². The van der Waals surface area contributed by atoms with Crippen molar-refractivity contribution in [2.75, 3.05) is 42.9 Å². The number of hydrogen-bond acceptors (Lipinski definition) is 3. The van der Waals surface area contributed by atoms with E-state index in [0.29, 0.717) is 0 Å². The van der Waals surface area contributed by atoms with Crippen molar-refractivity contribution in [2.45, 2.75) is 0 Å². The number of nitrogens with one attached hydrogen (secondary N) is 1. The minimum absolute atomic E-state index is 0.122. The molecule has 0 bridgehead atoms. The third-order valence-corrected chi connectivity index (χ3v) is 4.06. The van der Waals surface area contributed by atoms with Crippen molar-refractivity contribution in [1.82, 2.24) is 4.90 Å². The van der Waals surface area contributed by atoms with Gasteiger partial charge in [0.15, 0.2) is 0 Å². The second-order valence-electron chi connectivity index (χ2n) is 5.77. The number of carbonyl (C=O) groups excluding carboxylic acids is 1. The van der Waals surface area contributed by atoms with Crippen LogP contribution in [0.15, 0.2) is 48.5 Å². The maximum atomic E-state index is 13.5. The number of piperazine rings is 1. The second kappa shape index (κ2) is 7.40. The number of hydrogen-bond donors (Lipinski definition) is 1. The van der Waals surface area contributed by atoms with Gasteiger partial charge >= 0.3 is 0 Å². The maximum Gasteiger partial charge on any atom is 0.238 e. The largest absolute Gasteiger partial charge is 0.369 e. The van der Waals surface area contributed by atoms with Crippen molar-refractivity contribution < 1.29 is 13.6 Å². The molecular weight excluding hydrogens is 312 g/mol. The number of rotatable bonds is 4. The minimum Gasteiger partial charge on any atom is -0.369 e. The molecule has 1 amide bonds. The number of carbonyl (C=O) groups is 1. The summed E-state index contributed by atoms with van der Waals surface area (Å²) in [7, 11) is 0. The summed E-state index contributed by atoms with van der Waals surface area (Å²) < 4.78 is 26.7. The van der Waals surface area contributed by atoms with Crippen LogP contribution in [0.25, 0.3) is 0 Å². The van der Waals surface area contributed by atoms with Gasteiger partial charge in [-0.15, -0.1) is 0 Å². The molecule has 2 aromatic rings. The number of benzene rings is 2. The predicted octanol–water partition coefficient (Wildman–Crippen LogP) is 2.73. The van der Waals surface area contributed by atoms with Crippen LogP contribution in [0.4, 0.5) is 20.2 Å². The lowest BCUT2D eigenvalue weighted by Gasteiger charge is -2.35. The Morgan fingerprint density at radius 2 is 1.71 bits per heavy atom. The van der Waals surface area contributed by atoms with Crippen molar-refractivity contribution >= 4 is 17.3 Å². The van der Waals surface area contributed by atoms with Gasteiger partial charge in [0.05, 0.1) is 12.2 Å². The Morgan fingerprint density at radius 3 is 2.42 bits per heavy atom. The summed E-state index contributed by atoms with van der Waals surface area (Å²) in [6.45, 7) is 3.30. The molecule has 0 saturated carbocycles. The summed E-state index contributed by atoms with van der Waals surface area (Å²) in [5, 5.41) is 2.43. The number of anilines is 2. The zero-order valence-electron chi connectivity index (χ0n) is 13.2. The lowest BCUT2D eigenvalue weighted by Crippen LogP contribution is -2.48. The Morgan fingerprint density at radius 1 is 1.00 bits per heavy atom. The normalized spacial score (nSPS) is 15.3. The molecule has 1 aliphatic heterocycles. The van der Waals surface area contributed by atoms with E-state index in [2.05, 4.69) is 22.3 Å². The molecule has 0 unspecified atom stereocenters. The van der Waals surface area contributed by atoms with Gasteiger partial charge in [-0.25, -0.2) is 8.78 Å². The van der Waals surface area contributed by atoms with Gasteiger partial charge in [-0.1, -0.05) is 18.2 Å². The first-order chi connectivity index (χ1) is 11.6. The van der Waals surface area contributed by atoms with Crippen LogP contribution < -0.4 is 10.2 Å². The number of nitrogens with zero attached hydrogens (tertiary/aromatic N) is 2. The molecule has 3 rings (SSSR count). The molecule has 4 nitrogen and oxygen atoms in total. The standard InChI is InChI=1S/C18H19F2N3O/c19-14-6-7-16(20)17(12-14)21-18(24)13-22-8-10-23(11-9-22)15-4-2-1-3-5-15/h1-7,12H,8-11,13H2,(H,21,24). The molecule has 1 heterocycles. The van der Waals surface area contributed by atoms with E-state index in [0.717, 1.165) is 44.4 Å². The van der Waals surface area contributed by atoms with E-state index in [1.54, 1.807) is 0 Å². The molecule has 1 N–H and O–H groups in total. The van der Waals surface area contributed by atoms with Crippen molar-refractivity contribution in [2.24, 2.45) is 0 Å². The SMILES string of the molecule is O=C(CN1CCN(c2ccccc2)CC1)Nc1cc(F)ccc1F. The number of amides is 1. The van der Waals surface area contributed by atoms with Gasteiger partial charge in [-0.2, -0.15) is 0 Å². The highest BCUT2D eigenvalue weighted by atomic mass is 19.1. The van der Waals surface area contributed by atoms with E-state index < -0.39 is 11.6 Å². The highest BCUT2D eigenvalue weighted by molar-refractivity contribution is 5.92. The summed E-state index contributed by atoms with van der Waals surface area (Å²) in [4.78, 5) is 16.3. The Hall–Kier alpha value is -2.47. The third kappa shape index (κ3) is 4.08. The molecule has 2 aromatic carbocycles. The van der Waals surface area contributed by atoms with Crippen LogP contribution in [0.2, 0.25) is 0 Å². The van der Waals surface area contributed by atoms with E-state index in [-0.39, 0.29) is 18.1 Å². The summed E-state index contributed by atoms with van der Waals surface area (Å²) in [6, 6.07) is 13.1. The fraction of sp³-hybridized carbons (Fsp3) is 0.278.